The molecule has 2 aromatic rings. The Balaban J connectivity index is 2.36. The van der Waals surface area contributed by atoms with Gasteiger partial charge in [0.25, 0.3) is 0 Å². The summed E-state index contributed by atoms with van der Waals surface area (Å²) in [6.07, 6.45) is 0. The average Bonchev–Trinajstić information content (AvgIpc) is 2.39. The maximum absolute atomic E-state index is 9.33. The van der Waals surface area contributed by atoms with Gasteiger partial charge in [0.2, 0.25) is 0 Å². The number of aliphatic hydroxyl groups is 1. The molecule has 0 fully saturated rings. The van der Waals surface area contributed by atoms with Crippen LogP contribution in [0, 0.1) is 3.57 Å². The third kappa shape index (κ3) is 2.79. The van der Waals surface area contributed by atoms with Crippen molar-refractivity contribution in [3.05, 3.63) is 57.7 Å². The van der Waals surface area contributed by atoms with Crippen LogP contribution in [0.5, 0.6) is 0 Å². The highest BCUT2D eigenvalue weighted by Crippen LogP contribution is 2.27. The number of halogens is 1. The summed E-state index contributed by atoms with van der Waals surface area (Å²) in [5.74, 6) is 0. The molecule has 2 aromatic carbocycles. The Bertz CT molecular complexity index is 496. The number of nitrogens with zero attached hydrogens (tertiary/aromatic N) is 1. The van der Waals surface area contributed by atoms with Crippen molar-refractivity contribution in [3.63, 3.8) is 0 Å². The average molecular weight is 339 g/mol. The molecule has 0 radical (unpaired) electrons. The van der Waals surface area contributed by atoms with Crippen molar-refractivity contribution in [2.45, 2.75) is 6.61 Å². The Kier molecular flexibility index (Phi) is 4.02. The van der Waals surface area contributed by atoms with Gasteiger partial charge in [0.1, 0.15) is 0 Å². The van der Waals surface area contributed by atoms with Gasteiger partial charge in [-0.05, 0) is 52.9 Å². The van der Waals surface area contributed by atoms with Crippen LogP contribution in [0.15, 0.2) is 48.5 Å². The lowest BCUT2D eigenvalue weighted by atomic mass is 10.1. The lowest BCUT2D eigenvalue weighted by Gasteiger charge is -2.22. The molecule has 3 heteroatoms. The van der Waals surface area contributed by atoms with Gasteiger partial charge in [0.05, 0.1) is 6.61 Å². The van der Waals surface area contributed by atoms with Crippen LogP contribution >= 0.6 is 22.6 Å². The van der Waals surface area contributed by atoms with Crippen LogP contribution in [0.1, 0.15) is 5.56 Å². The molecule has 0 aliphatic heterocycles. The first-order valence-corrected chi connectivity index (χ1v) is 6.48. The number of benzene rings is 2. The van der Waals surface area contributed by atoms with E-state index < -0.39 is 0 Å². The van der Waals surface area contributed by atoms with E-state index in [-0.39, 0.29) is 6.61 Å². The SMILES string of the molecule is CN(c1ccc(I)cc1)c1ccccc1CO. The largest absolute Gasteiger partial charge is 0.392 e. The molecular formula is C14H14INO. The summed E-state index contributed by atoms with van der Waals surface area (Å²) >= 11 is 2.29. The van der Waals surface area contributed by atoms with Crippen LogP contribution < -0.4 is 4.90 Å². The van der Waals surface area contributed by atoms with E-state index in [1.807, 2.05) is 31.3 Å². The second-order valence-corrected chi connectivity index (χ2v) is 5.07. The molecule has 0 aliphatic rings. The second-order valence-electron chi connectivity index (χ2n) is 3.82. The van der Waals surface area contributed by atoms with Crippen molar-refractivity contribution >= 4 is 34.0 Å². The summed E-state index contributed by atoms with van der Waals surface area (Å²) in [5, 5.41) is 9.33. The lowest BCUT2D eigenvalue weighted by molar-refractivity contribution is 0.282. The van der Waals surface area contributed by atoms with Crippen molar-refractivity contribution in [2.24, 2.45) is 0 Å². The summed E-state index contributed by atoms with van der Waals surface area (Å²) in [7, 11) is 2.01. The number of hydrogen-bond acceptors (Lipinski definition) is 2. The Labute approximate surface area is 115 Å². The van der Waals surface area contributed by atoms with Crippen molar-refractivity contribution in [2.75, 3.05) is 11.9 Å². The topological polar surface area (TPSA) is 23.5 Å². The number of anilines is 2. The van der Waals surface area contributed by atoms with E-state index in [4.69, 9.17) is 0 Å². The van der Waals surface area contributed by atoms with Gasteiger partial charge in [0, 0.05) is 27.6 Å². The number of para-hydroxylation sites is 1. The van der Waals surface area contributed by atoms with Gasteiger partial charge < -0.3 is 10.0 Å². The van der Waals surface area contributed by atoms with Gasteiger partial charge in [-0.3, -0.25) is 0 Å². The van der Waals surface area contributed by atoms with Gasteiger partial charge >= 0.3 is 0 Å². The van der Waals surface area contributed by atoms with Crippen LogP contribution in [-0.4, -0.2) is 12.2 Å². The summed E-state index contributed by atoms with van der Waals surface area (Å²) in [6.45, 7) is 0.0604. The van der Waals surface area contributed by atoms with Gasteiger partial charge in [0.15, 0.2) is 0 Å². The molecule has 0 heterocycles. The molecule has 0 spiro atoms. The molecule has 0 saturated heterocycles. The zero-order valence-corrected chi connectivity index (χ0v) is 11.8. The standard InChI is InChI=1S/C14H14INO/c1-16(13-8-6-12(15)7-9-13)14-5-3-2-4-11(14)10-17/h2-9,17H,10H2,1H3. The highest BCUT2D eigenvalue weighted by atomic mass is 127. The lowest BCUT2D eigenvalue weighted by Crippen LogP contribution is -2.11. The predicted molar refractivity (Wildman–Crippen MR) is 79.6 cm³/mol. The van der Waals surface area contributed by atoms with E-state index in [9.17, 15) is 5.11 Å². The van der Waals surface area contributed by atoms with Crippen LogP contribution in [0.25, 0.3) is 0 Å². The molecule has 0 saturated carbocycles. The quantitative estimate of drug-likeness (QED) is 0.865. The molecule has 2 nitrogen and oxygen atoms in total. The smallest absolute Gasteiger partial charge is 0.0702 e. The van der Waals surface area contributed by atoms with Gasteiger partial charge in [-0.15, -0.1) is 0 Å². The maximum atomic E-state index is 9.33. The molecule has 0 aromatic heterocycles. The molecule has 0 bridgehead atoms. The summed E-state index contributed by atoms with van der Waals surface area (Å²) < 4.78 is 1.22. The van der Waals surface area contributed by atoms with E-state index in [1.165, 1.54) is 3.57 Å². The predicted octanol–water partition coefficient (Wildman–Crippen LogP) is 3.55. The Morgan fingerprint density at radius 1 is 1.06 bits per heavy atom. The third-order valence-electron chi connectivity index (χ3n) is 2.74. The summed E-state index contributed by atoms with van der Waals surface area (Å²) in [5.41, 5.74) is 3.09. The second kappa shape index (κ2) is 5.51. The fourth-order valence-corrected chi connectivity index (χ4v) is 2.14. The molecule has 1 N–H and O–H groups in total. The van der Waals surface area contributed by atoms with E-state index in [0.29, 0.717) is 0 Å². The fourth-order valence-electron chi connectivity index (χ4n) is 1.78. The molecule has 0 atom stereocenters. The molecule has 2 rings (SSSR count). The van der Waals surface area contributed by atoms with E-state index in [0.717, 1.165) is 16.9 Å². The zero-order chi connectivity index (χ0) is 12.3. The first-order valence-electron chi connectivity index (χ1n) is 5.40. The minimum Gasteiger partial charge on any atom is -0.392 e. The number of hydrogen-bond donors (Lipinski definition) is 1. The van der Waals surface area contributed by atoms with Gasteiger partial charge in [-0.25, -0.2) is 0 Å². The number of rotatable bonds is 3. The Morgan fingerprint density at radius 3 is 2.35 bits per heavy atom. The first kappa shape index (κ1) is 12.4. The third-order valence-corrected chi connectivity index (χ3v) is 3.46. The van der Waals surface area contributed by atoms with Crippen LogP contribution in [0.3, 0.4) is 0 Å². The highest BCUT2D eigenvalue weighted by molar-refractivity contribution is 14.1. The first-order chi connectivity index (χ1) is 8.22. The molecule has 0 amide bonds. The molecular weight excluding hydrogens is 325 g/mol. The minimum atomic E-state index is 0.0604. The van der Waals surface area contributed by atoms with Crippen molar-refractivity contribution in [1.29, 1.82) is 0 Å². The molecule has 17 heavy (non-hydrogen) atoms. The van der Waals surface area contributed by atoms with Crippen molar-refractivity contribution < 1.29 is 5.11 Å². The van der Waals surface area contributed by atoms with Crippen LogP contribution in [0.2, 0.25) is 0 Å². The highest BCUT2D eigenvalue weighted by Gasteiger charge is 2.07. The number of aliphatic hydroxyl groups excluding tert-OH is 1. The molecule has 88 valence electrons. The van der Waals surface area contributed by atoms with Gasteiger partial charge in [-0.2, -0.15) is 0 Å². The normalized spacial score (nSPS) is 10.3. The minimum absolute atomic E-state index is 0.0604. The molecule has 0 aliphatic carbocycles. The van der Waals surface area contributed by atoms with Crippen molar-refractivity contribution in [3.8, 4) is 0 Å². The van der Waals surface area contributed by atoms with E-state index in [1.54, 1.807) is 0 Å². The Morgan fingerprint density at radius 2 is 1.71 bits per heavy atom. The van der Waals surface area contributed by atoms with E-state index in [2.05, 4.69) is 51.8 Å². The monoisotopic (exact) mass is 339 g/mol. The van der Waals surface area contributed by atoms with Crippen molar-refractivity contribution in [1.82, 2.24) is 0 Å². The molecule has 0 unspecified atom stereocenters. The Hall–Kier alpha value is -1.07. The van der Waals surface area contributed by atoms with Crippen LogP contribution in [-0.2, 0) is 6.61 Å². The summed E-state index contributed by atoms with van der Waals surface area (Å²) in [6, 6.07) is 16.2. The maximum Gasteiger partial charge on any atom is 0.0702 e. The summed E-state index contributed by atoms with van der Waals surface area (Å²) in [4.78, 5) is 2.08. The fraction of sp³-hybridized carbons (Fsp3) is 0.143. The van der Waals surface area contributed by atoms with E-state index >= 15 is 0 Å². The van der Waals surface area contributed by atoms with Crippen LogP contribution in [0.4, 0.5) is 11.4 Å². The van der Waals surface area contributed by atoms with Gasteiger partial charge in [-0.1, -0.05) is 18.2 Å². The zero-order valence-electron chi connectivity index (χ0n) is 9.60.